The normalized spacial score (nSPS) is 26.7. The number of hydrogen-bond donors (Lipinski definition) is 1. The molecule has 1 aliphatic heterocycles. The van der Waals surface area contributed by atoms with Gasteiger partial charge in [-0.05, 0) is 37.2 Å². The molecule has 6 heteroatoms. The molecule has 2 aliphatic rings. The van der Waals surface area contributed by atoms with E-state index >= 15 is 0 Å². The third-order valence-electron chi connectivity index (χ3n) is 5.52. The Hall–Kier alpha value is -3.14. The van der Waals surface area contributed by atoms with Gasteiger partial charge in [0.25, 0.3) is 0 Å². The van der Waals surface area contributed by atoms with E-state index in [0.717, 1.165) is 16.9 Å². The van der Waals surface area contributed by atoms with Crippen LogP contribution in [0.4, 0.5) is 0 Å². The molecule has 0 amide bonds. The number of ether oxygens (including phenoxy) is 1. The third kappa shape index (κ3) is 2.87. The van der Waals surface area contributed by atoms with E-state index in [1.807, 2.05) is 44.3 Å². The van der Waals surface area contributed by atoms with Crippen molar-refractivity contribution in [1.29, 1.82) is 21.2 Å². The minimum absolute atomic E-state index is 0.110. The summed E-state index contributed by atoms with van der Waals surface area (Å²) < 4.78 is 5.50. The predicted molar refractivity (Wildman–Crippen MR) is 99.9 cm³/mol. The SMILES string of the molecule is CCOc1ccc([C@@H]2[C@@H]3CN(C)CC=C3[C@H](C#N)C(=N)C2(C#N)C#N)cc1. The van der Waals surface area contributed by atoms with Crippen LogP contribution in [-0.4, -0.2) is 37.4 Å². The van der Waals surface area contributed by atoms with Crippen LogP contribution in [0.2, 0.25) is 0 Å². The minimum Gasteiger partial charge on any atom is -0.494 e. The van der Waals surface area contributed by atoms with Crippen LogP contribution < -0.4 is 4.74 Å². The quantitative estimate of drug-likeness (QED) is 0.835. The molecule has 1 aromatic carbocycles. The van der Waals surface area contributed by atoms with Crippen LogP contribution >= 0.6 is 0 Å². The molecule has 0 bridgehead atoms. The highest BCUT2D eigenvalue weighted by Crippen LogP contribution is 2.53. The Morgan fingerprint density at radius 3 is 2.44 bits per heavy atom. The fourth-order valence-electron chi connectivity index (χ4n) is 4.27. The van der Waals surface area contributed by atoms with E-state index in [4.69, 9.17) is 10.1 Å². The predicted octanol–water partition coefficient (Wildman–Crippen LogP) is 2.86. The molecule has 1 saturated carbocycles. The first-order valence-electron chi connectivity index (χ1n) is 8.94. The highest BCUT2D eigenvalue weighted by molar-refractivity contribution is 6.00. The molecule has 1 fully saturated rings. The van der Waals surface area contributed by atoms with Gasteiger partial charge in [-0.25, -0.2) is 0 Å². The first-order valence-corrected chi connectivity index (χ1v) is 8.94. The zero-order valence-corrected chi connectivity index (χ0v) is 15.4. The number of hydrogen-bond acceptors (Lipinski definition) is 6. The molecule has 0 spiro atoms. The molecular weight excluding hydrogens is 338 g/mol. The monoisotopic (exact) mass is 359 g/mol. The van der Waals surface area contributed by atoms with Gasteiger partial charge < -0.3 is 15.0 Å². The van der Waals surface area contributed by atoms with Gasteiger partial charge in [0.1, 0.15) is 11.7 Å². The Bertz CT molecular complexity index is 882. The lowest BCUT2D eigenvalue weighted by atomic mass is 9.54. The highest BCUT2D eigenvalue weighted by atomic mass is 16.5. The Kier molecular flexibility index (Phi) is 5.00. The third-order valence-corrected chi connectivity index (χ3v) is 5.52. The maximum absolute atomic E-state index is 9.97. The molecule has 6 nitrogen and oxygen atoms in total. The number of likely N-dealkylation sites (N-methyl/N-ethyl adjacent to an activating group) is 1. The fraction of sp³-hybridized carbons (Fsp3) is 0.429. The van der Waals surface area contributed by atoms with Crippen LogP contribution in [0.5, 0.6) is 5.75 Å². The average Bonchev–Trinajstić information content (AvgIpc) is 2.68. The lowest BCUT2D eigenvalue weighted by Gasteiger charge is -2.47. The number of nitrogens with zero attached hydrogens (tertiary/aromatic N) is 4. The van der Waals surface area contributed by atoms with Crippen molar-refractivity contribution in [3.05, 3.63) is 41.5 Å². The minimum atomic E-state index is -1.66. The molecule has 3 rings (SSSR count). The van der Waals surface area contributed by atoms with Gasteiger partial charge in [0, 0.05) is 24.9 Å². The first-order chi connectivity index (χ1) is 13.0. The van der Waals surface area contributed by atoms with Gasteiger partial charge in [0.05, 0.1) is 30.5 Å². The molecular formula is C21H21N5O. The molecule has 3 atom stereocenters. The molecule has 0 unspecified atom stereocenters. The summed E-state index contributed by atoms with van der Waals surface area (Å²) in [5.74, 6) is -0.769. The zero-order chi connectivity index (χ0) is 19.6. The summed E-state index contributed by atoms with van der Waals surface area (Å²) in [6.07, 6.45) is 1.98. The Morgan fingerprint density at radius 2 is 1.89 bits per heavy atom. The second kappa shape index (κ2) is 7.23. The summed E-state index contributed by atoms with van der Waals surface area (Å²) in [4.78, 5) is 2.11. The summed E-state index contributed by atoms with van der Waals surface area (Å²) in [6, 6.07) is 13.8. The number of rotatable bonds is 3. The van der Waals surface area contributed by atoms with Crippen molar-refractivity contribution in [3.63, 3.8) is 0 Å². The van der Waals surface area contributed by atoms with Crippen LogP contribution in [0, 0.1) is 56.7 Å². The Morgan fingerprint density at radius 1 is 1.22 bits per heavy atom. The molecule has 136 valence electrons. The van der Waals surface area contributed by atoms with Gasteiger partial charge in [-0.15, -0.1) is 0 Å². The topological polar surface area (TPSA) is 108 Å². The average molecular weight is 359 g/mol. The van der Waals surface area contributed by atoms with Crippen molar-refractivity contribution in [2.75, 3.05) is 26.7 Å². The number of nitriles is 3. The second-order valence-corrected chi connectivity index (χ2v) is 7.02. The van der Waals surface area contributed by atoms with Crippen LogP contribution in [0.1, 0.15) is 18.4 Å². The van der Waals surface area contributed by atoms with Gasteiger partial charge in [-0.1, -0.05) is 18.2 Å². The Balaban J connectivity index is 2.18. The molecule has 1 aromatic rings. The van der Waals surface area contributed by atoms with Crippen LogP contribution in [0.3, 0.4) is 0 Å². The van der Waals surface area contributed by atoms with E-state index in [2.05, 4.69) is 23.1 Å². The Labute approximate surface area is 159 Å². The van der Waals surface area contributed by atoms with E-state index in [9.17, 15) is 15.8 Å². The van der Waals surface area contributed by atoms with Crippen molar-refractivity contribution in [1.82, 2.24) is 4.90 Å². The molecule has 1 N–H and O–H groups in total. The summed E-state index contributed by atoms with van der Waals surface area (Å²) in [5.41, 5.74) is -0.0938. The number of fused-ring (bicyclic) bond motifs is 1. The first kappa shape index (κ1) is 18.6. The lowest BCUT2D eigenvalue weighted by Crippen LogP contribution is -2.52. The van der Waals surface area contributed by atoms with E-state index in [1.54, 1.807) is 0 Å². The van der Waals surface area contributed by atoms with Crippen LogP contribution in [-0.2, 0) is 0 Å². The summed E-state index contributed by atoms with van der Waals surface area (Å²) in [7, 11) is 1.98. The maximum atomic E-state index is 9.97. The van der Waals surface area contributed by atoms with E-state index in [0.29, 0.717) is 19.7 Å². The smallest absolute Gasteiger partial charge is 0.189 e. The van der Waals surface area contributed by atoms with Crippen LogP contribution in [0.25, 0.3) is 0 Å². The van der Waals surface area contributed by atoms with Gasteiger partial charge in [0.15, 0.2) is 5.41 Å². The van der Waals surface area contributed by atoms with E-state index in [-0.39, 0.29) is 11.6 Å². The molecule has 0 aromatic heterocycles. The van der Waals surface area contributed by atoms with Gasteiger partial charge in [-0.2, -0.15) is 15.8 Å². The van der Waals surface area contributed by atoms with Gasteiger partial charge in [-0.3, -0.25) is 0 Å². The molecule has 1 aliphatic carbocycles. The molecule has 1 heterocycles. The van der Waals surface area contributed by atoms with Crippen molar-refractivity contribution < 1.29 is 4.74 Å². The lowest BCUT2D eigenvalue weighted by molar-refractivity contribution is 0.235. The van der Waals surface area contributed by atoms with Crippen molar-refractivity contribution >= 4 is 5.71 Å². The second-order valence-electron chi connectivity index (χ2n) is 7.02. The molecule has 27 heavy (non-hydrogen) atoms. The highest BCUT2D eigenvalue weighted by Gasteiger charge is 2.57. The van der Waals surface area contributed by atoms with Gasteiger partial charge >= 0.3 is 0 Å². The van der Waals surface area contributed by atoms with E-state index in [1.165, 1.54) is 0 Å². The zero-order valence-electron chi connectivity index (χ0n) is 15.4. The van der Waals surface area contributed by atoms with Crippen molar-refractivity contribution in [2.45, 2.75) is 12.8 Å². The molecule has 0 saturated heterocycles. The molecule has 0 radical (unpaired) electrons. The standard InChI is InChI=1S/C21H21N5O/c1-3-27-15-6-4-14(5-7-15)19-18-11-26(2)9-8-16(18)17(10-22)20(25)21(19,12-23)13-24/h4-8,17-19,25H,3,9,11H2,1-2H3/t17-,18+,19+/m0/s1. The summed E-state index contributed by atoms with van der Waals surface area (Å²) >= 11 is 0. The van der Waals surface area contributed by atoms with Gasteiger partial charge in [0.2, 0.25) is 0 Å². The number of benzene rings is 1. The van der Waals surface area contributed by atoms with E-state index < -0.39 is 17.3 Å². The summed E-state index contributed by atoms with van der Waals surface area (Å²) in [6.45, 7) is 3.79. The summed E-state index contributed by atoms with van der Waals surface area (Å²) in [5, 5.41) is 38.2. The fourth-order valence-corrected chi connectivity index (χ4v) is 4.27. The van der Waals surface area contributed by atoms with Crippen LogP contribution in [0.15, 0.2) is 35.9 Å². The number of nitrogens with one attached hydrogen (secondary N) is 1. The van der Waals surface area contributed by atoms with Crippen molar-refractivity contribution in [2.24, 2.45) is 17.3 Å². The maximum Gasteiger partial charge on any atom is 0.189 e. The van der Waals surface area contributed by atoms with Crippen molar-refractivity contribution in [3.8, 4) is 24.0 Å². The largest absolute Gasteiger partial charge is 0.494 e.